The summed E-state index contributed by atoms with van der Waals surface area (Å²) in [5.41, 5.74) is 0.420. The fraction of sp³-hybridized carbons (Fsp3) is 0.917. The van der Waals surface area contributed by atoms with Crippen LogP contribution in [0.5, 0.6) is 0 Å². The van der Waals surface area contributed by atoms with E-state index in [2.05, 4.69) is 33.0 Å². The van der Waals surface area contributed by atoms with Crippen LogP contribution in [0.1, 0.15) is 47.0 Å². The summed E-state index contributed by atoms with van der Waals surface area (Å²) in [6.45, 7) is 8.80. The van der Waals surface area contributed by atoms with E-state index in [9.17, 15) is 4.79 Å². The zero-order valence-corrected chi connectivity index (χ0v) is 11.1. The van der Waals surface area contributed by atoms with Gasteiger partial charge >= 0.3 is 0 Å². The second-order valence-corrected chi connectivity index (χ2v) is 7.10. The minimum atomic E-state index is 0.205. The molecule has 1 saturated carbocycles. The second kappa shape index (κ2) is 5.24. The van der Waals surface area contributed by atoms with E-state index < -0.39 is 0 Å². The van der Waals surface area contributed by atoms with Gasteiger partial charge in [-0.3, -0.25) is 4.79 Å². The molecule has 88 valence electrons. The summed E-state index contributed by atoms with van der Waals surface area (Å²) in [4.78, 5) is 11.6. The molecule has 1 rings (SSSR count). The van der Waals surface area contributed by atoms with Crippen LogP contribution in [0.4, 0.5) is 0 Å². The van der Waals surface area contributed by atoms with Crippen molar-refractivity contribution in [2.45, 2.75) is 58.2 Å². The molecule has 0 spiro atoms. The topological polar surface area (TPSA) is 29.1 Å². The van der Waals surface area contributed by atoms with Gasteiger partial charge < -0.3 is 5.32 Å². The van der Waals surface area contributed by atoms with Crippen LogP contribution in [-0.4, -0.2) is 23.0 Å². The van der Waals surface area contributed by atoms with E-state index in [0.29, 0.717) is 22.5 Å². The van der Waals surface area contributed by atoms with E-state index in [0.717, 1.165) is 12.8 Å². The molecule has 1 amide bonds. The van der Waals surface area contributed by atoms with E-state index in [-0.39, 0.29) is 5.91 Å². The van der Waals surface area contributed by atoms with Gasteiger partial charge in [0.1, 0.15) is 0 Å². The Labute approximate surface area is 97.6 Å². The Morgan fingerprint density at radius 3 is 2.67 bits per heavy atom. The van der Waals surface area contributed by atoms with Gasteiger partial charge in [-0.15, -0.1) is 11.8 Å². The molecule has 1 aliphatic rings. The molecule has 15 heavy (non-hydrogen) atoms. The summed E-state index contributed by atoms with van der Waals surface area (Å²) in [6.07, 6.45) is 3.51. The predicted molar refractivity (Wildman–Crippen MR) is 67.2 cm³/mol. The second-order valence-electron chi connectivity index (χ2n) is 5.53. The number of hydrogen-bond acceptors (Lipinski definition) is 2. The maximum Gasteiger partial charge on any atom is 0.230 e. The molecule has 0 saturated heterocycles. The maximum absolute atomic E-state index is 11.6. The highest BCUT2D eigenvalue weighted by molar-refractivity contribution is 8.00. The molecule has 1 unspecified atom stereocenters. The number of thioether (sulfide) groups is 1. The van der Waals surface area contributed by atoms with Crippen molar-refractivity contribution in [3.05, 3.63) is 0 Å². The van der Waals surface area contributed by atoms with Crippen LogP contribution in [0, 0.1) is 5.41 Å². The Morgan fingerprint density at radius 2 is 2.20 bits per heavy atom. The van der Waals surface area contributed by atoms with Crippen LogP contribution >= 0.6 is 11.8 Å². The van der Waals surface area contributed by atoms with Crippen LogP contribution in [0.2, 0.25) is 0 Å². The third-order valence-electron chi connectivity index (χ3n) is 2.88. The molecular weight excluding hydrogens is 206 g/mol. The zero-order chi connectivity index (χ0) is 11.5. The van der Waals surface area contributed by atoms with Crippen molar-refractivity contribution in [3.8, 4) is 0 Å². The standard InChI is InChI=1S/C12H23NOS/c1-9(2)15-8-11(14)13-10-5-6-12(3,4)7-10/h9-10H,5-8H2,1-4H3,(H,13,14). The Balaban J connectivity index is 2.22. The molecule has 1 aliphatic carbocycles. The van der Waals surface area contributed by atoms with E-state index in [4.69, 9.17) is 0 Å². The van der Waals surface area contributed by atoms with Crippen molar-refractivity contribution in [1.29, 1.82) is 0 Å². The third kappa shape index (κ3) is 4.92. The smallest absolute Gasteiger partial charge is 0.230 e. The molecule has 1 atom stereocenters. The van der Waals surface area contributed by atoms with Crippen LogP contribution in [-0.2, 0) is 4.79 Å². The average Bonchev–Trinajstić information content (AvgIpc) is 2.42. The first-order chi connectivity index (χ1) is 6.89. The fourth-order valence-electron chi connectivity index (χ4n) is 2.07. The molecule has 0 radical (unpaired) electrons. The maximum atomic E-state index is 11.6. The van der Waals surface area contributed by atoms with Crippen molar-refractivity contribution in [2.75, 3.05) is 5.75 Å². The van der Waals surface area contributed by atoms with Crippen LogP contribution in [0.25, 0.3) is 0 Å². The largest absolute Gasteiger partial charge is 0.353 e. The van der Waals surface area contributed by atoms with Crippen molar-refractivity contribution in [3.63, 3.8) is 0 Å². The zero-order valence-electron chi connectivity index (χ0n) is 10.3. The number of rotatable bonds is 4. The van der Waals surface area contributed by atoms with Crippen molar-refractivity contribution in [1.82, 2.24) is 5.32 Å². The van der Waals surface area contributed by atoms with Gasteiger partial charge in [-0.05, 0) is 29.9 Å². The van der Waals surface area contributed by atoms with Crippen LogP contribution in [0.15, 0.2) is 0 Å². The Hall–Kier alpha value is -0.180. The molecule has 0 bridgehead atoms. The first-order valence-corrected chi connectivity index (χ1v) is 6.85. The summed E-state index contributed by atoms with van der Waals surface area (Å²) in [5, 5.41) is 3.67. The molecule has 1 N–H and O–H groups in total. The number of nitrogens with one attached hydrogen (secondary N) is 1. The number of amides is 1. The van der Waals surface area contributed by atoms with E-state index >= 15 is 0 Å². The van der Waals surface area contributed by atoms with Crippen LogP contribution in [0.3, 0.4) is 0 Å². The lowest BCUT2D eigenvalue weighted by atomic mass is 9.92. The highest BCUT2D eigenvalue weighted by Crippen LogP contribution is 2.36. The third-order valence-corrected chi connectivity index (χ3v) is 3.98. The molecule has 2 nitrogen and oxygen atoms in total. The van der Waals surface area contributed by atoms with Gasteiger partial charge in [0.05, 0.1) is 5.75 Å². The number of hydrogen-bond donors (Lipinski definition) is 1. The molecule has 0 aromatic rings. The first-order valence-electron chi connectivity index (χ1n) is 5.80. The van der Waals surface area contributed by atoms with E-state index in [1.54, 1.807) is 11.8 Å². The summed E-state index contributed by atoms with van der Waals surface area (Å²) in [5.74, 6) is 0.811. The van der Waals surface area contributed by atoms with E-state index in [1.807, 2.05) is 0 Å². The van der Waals surface area contributed by atoms with E-state index in [1.165, 1.54) is 6.42 Å². The predicted octanol–water partition coefficient (Wildman–Crippen LogP) is 2.82. The quantitative estimate of drug-likeness (QED) is 0.803. The summed E-state index contributed by atoms with van der Waals surface area (Å²) < 4.78 is 0. The highest BCUT2D eigenvalue weighted by atomic mass is 32.2. The molecule has 0 aromatic heterocycles. The van der Waals surface area contributed by atoms with Gasteiger partial charge in [0, 0.05) is 6.04 Å². The van der Waals surface area contributed by atoms with Gasteiger partial charge in [-0.25, -0.2) is 0 Å². The normalized spacial score (nSPS) is 24.5. The van der Waals surface area contributed by atoms with Crippen molar-refractivity contribution in [2.24, 2.45) is 5.41 Å². The first kappa shape index (κ1) is 12.9. The van der Waals surface area contributed by atoms with Gasteiger partial charge in [0.2, 0.25) is 5.91 Å². The SMILES string of the molecule is CC(C)SCC(=O)NC1CCC(C)(C)C1. The van der Waals surface area contributed by atoms with Crippen LogP contribution < -0.4 is 5.32 Å². The van der Waals surface area contributed by atoms with Crippen molar-refractivity contribution >= 4 is 17.7 Å². The Morgan fingerprint density at radius 1 is 1.53 bits per heavy atom. The highest BCUT2D eigenvalue weighted by Gasteiger charge is 2.31. The summed E-state index contributed by atoms with van der Waals surface area (Å²) in [7, 11) is 0. The molecule has 0 aromatic carbocycles. The Kier molecular flexibility index (Phi) is 4.50. The Bertz CT molecular complexity index is 226. The lowest BCUT2D eigenvalue weighted by molar-refractivity contribution is -0.119. The average molecular weight is 229 g/mol. The van der Waals surface area contributed by atoms with Crippen molar-refractivity contribution < 1.29 is 4.79 Å². The molecule has 0 aliphatic heterocycles. The molecular formula is C12H23NOS. The number of carbonyl (C=O) groups is 1. The minimum Gasteiger partial charge on any atom is -0.353 e. The lowest BCUT2D eigenvalue weighted by Crippen LogP contribution is -2.34. The minimum absolute atomic E-state index is 0.205. The van der Waals surface area contributed by atoms with Gasteiger partial charge in [0.25, 0.3) is 0 Å². The fourth-order valence-corrected chi connectivity index (χ4v) is 2.64. The molecule has 3 heteroatoms. The lowest BCUT2D eigenvalue weighted by Gasteiger charge is -2.18. The summed E-state index contributed by atoms with van der Waals surface area (Å²) >= 11 is 1.71. The monoisotopic (exact) mass is 229 g/mol. The van der Waals surface area contributed by atoms with Gasteiger partial charge in [0.15, 0.2) is 0 Å². The molecule has 1 fully saturated rings. The van der Waals surface area contributed by atoms with Gasteiger partial charge in [-0.2, -0.15) is 0 Å². The summed E-state index contributed by atoms with van der Waals surface area (Å²) in [6, 6.07) is 0.417. The van der Waals surface area contributed by atoms with Gasteiger partial charge in [-0.1, -0.05) is 27.7 Å². The number of carbonyl (C=O) groups excluding carboxylic acids is 1. The molecule has 0 heterocycles.